The van der Waals surface area contributed by atoms with Crippen LogP contribution in [0.5, 0.6) is 0 Å². The van der Waals surface area contributed by atoms with Gasteiger partial charge in [-0.2, -0.15) is 9.40 Å². The molecule has 4 rings (SSSR count). The number of piperidine rings is 1. The monoisotopic (exact) mass is 422 g/mol. The van der Waals surface area contributed by atoms with E-state index < -0.39 is 10.0 Å². The number of hydrogen-bond donors (Lipinski definition) is 1. The lowest BCUT2D eigenvalue weighted by Gasteiger charge is -2.29. The normalized spacial score (nSPS) is 16.3. The molecule has 3 aromatic rings. The highest BCUT2D eigenvalue weighted by Crippen LogP contribution is 2.27. The van der Waals surface area contributed by atoms with Crippen molar-refractivity contribution in [2.24, 2.45) is 13.0 Å². The van der Waals surface area contributed by atoms with Crippen molar-refractivity contribution in [1.29, 1.82) is 0 Å². The molecule has 28 heavy (non-hydrogen) atoms. The van der Waals surface area contributed by atoms with Crippen molar-refractivity contribution in [1.82, 2.24) is 24.3 Å². The summed E-state index contributed by atoms with van der Waals surface area (Å²) in [6.07, 6.45) is 2.47. The number of anilines is 1. The van der Waals surface area contributed by atoms with Gasteiger partial charge in [0.05, 0.1) is 0 Å². The van der Waals surface area contributed by atoms with Gasteiger partial charge in [-0.25, -0.2) is 8.42 Å². The second kappa shape index (κ2) is 7.45. The number of rotatable bonds is 5. The summed E-state index contributed by atoms with van der Waals surface area (Å²) < 4.78 is 33.9. The minimum absolute atomic E-state index is 0.00911. The lowest BCUT2D eigenvalue weighted by Crippen LogP contribution is -2.41. The van der Waals surface area contributed by atoms with Gasteiger partial charge in [0.15, 0.2) is 0 Å². The average molecular weight is 422 g/mol. The number of nitrogens with zero attached hydrogens (tertiary/aromatic N) is 5. The Morgan fingerprint density at radius 2 is 2.07 bits per heavy atom. The third-order valence-electron chi connectivity index (χ3n) is 4.61. The van der Waals surface area contributed by atoms with Crippen LogP contribution in [0.25, 0.3) is 11.6 Å². The summed E-state index contributed by atoms with van der Waals surface area (Å²) in [7, 11) is -1.74. The van der Waals surface area contributed by atoms with Crippen LogP contribution in [0.4, 0.5) is 6.01 Å². The molecule has 0 atom stereocenters. The van der Waals surface area contributed by atoms with Crippen molar-refractivity contribution < 1.29 is 17.6 Å². The highest BCUT2D eigenvalue weighted by Gasteiger charge is 2.33. The van der Waals surface area contributed by atoms with Gasteiger partial charge in [-0.3, -0.25) is 14.8 Å². The van der Waals surface area contributed by atoms with Crippen LogP contribution in [0.15, 0.2) is 38.4 Å². The number of aryl methyl sites for hydroxylation is 1. The first-order valence-corrected chi connectivity index (χ1v) is 10.9. The smallest absolute Gasteiger partial charge is 0.322 e. The number of carbonyl (C=O) groups is 1. The standard InChI is InChI=1S/C16H18N6O4S2/c1-21-12(4-7-17-21)15-19-20-16(26-15)18-14(23)11-5-8-22(9-6-11)28(24,25)13-3-2-10-27-13/h2-4,7,10-11H,5-6,8-9H2,1H3,(H,18,20,23). The average Bonchev–Trinajstić information content (AvgIpc) is 3.43. The van der Waals surface area contributed by atoms with Crippen molar-refractivity contribution in [3.8, 4) is 11.6 Å². The number of thiophene rings is 1. The van der Waals surface area contributed by atoms with Crippen molar-refractivity contribution >= 4 is 33.3 Å². The SMILES string of the molecule is Cn1nccc1-c1nnc(NC(=O)C2CCN(S(=O)(=O)c3cccs3)CC2)o1. The van der Waals surface area contributed by atoms with E-state index in [9.17, 15) is 13.2 Å². The second-order valence-electron chi connectivity index (χ2n) is 6.35. The van der Waals surface area contributed by atoms with Crippen LogP contribution in [0.3, 0.4) is 0 Å². The fourth-order valence-corrected chi connectivity index (χ4v) is 5.68. The summed E-state index contributed by atoms with van der Waals surface area (Å²) in [5.41, 5.74) is 0.639. The summed E-state index contributed by atoms with van der Waals surface area (Å²) in [5.74, 6) is -0.317. The molecule has 10 nitrogen and oxygen atoms in total. The quantitative estimate of drug-likeness (QED) is 0.662. The molecule has 3 aromatic heterocycles. The minimum atomic E-state index is -3.48. The topological polar surface area (TPSA) is 123 Å². The van der Waals surface area contributed by atoms with E-state index in [-0.39, 0.29) is 23.7 Å². The first-order chi connectivity index (χ1) is 13.4. The largest absolute Gasteiger partial charge is 0.401 e. The summed E-state index contributed by atoms with van der Waals surface area (Å²) in [6, 6.07) is 5.04. The Bertz CT molecular complexity index is 1060. The molecule has 0 saturated carbocycles. The van der Waals surface area contributed by atoms with E-state index in [0.717, 1.165) is 0 Å². The van der Waals surface area contributed by atoms with Gasteiger partial charge in [-0.05, 0) is 30.4 Å². The number of carbonyl (C=O) groups excluding carboxylic acids is 1. The number of hydrogen-bond acceptors (Lipinski definition) is 8. The van der Waals surface area contributed by atoms with Gasteiger partial charge >= 0.3 is 6.01 Å². The lowest BCUT2D eigenvalue weighted by atomic mass is 9.97. The van der Waals surface area contributed by atoms with Gasteiger partial charge in [0, 0.05) is 32.3 Å². The van der Waals surface area contributed by atoms with E-state index in [1.807, 2.05) is 0 Å². The predicted molar refractivity (Wildman–Crippen MR) is 101 cm³/mol. The molecule has 1 aliphatic rings. The Labute approximate surface area is 165 Å². The van der Waals surface area contributed by atoms with Gasteiger partial charge < -0.3 is 4.42 Å². The minimum Gasteiger partial charge on any atom is -0.401 e. The molecule has 1 saturated heterocycles. The number of nitrogens with one attached hydrogen (secondary N) is 1. The van der Waals surface area contributed by atoms with E-state index in [1.165, 1.54) is 15.6 Å². The van der Waals surface area contributed by atoms with Crippen molar-refractivity contribution in [2.75, 3.05) is 18.4 Å². The molecule has 4 heterocycles. The zero-order valence-corrected chi connectivity index (χ0v) is 16.6. The van der Waals surface area contributed by atoms with E-state index in [2.05, 4.69) is 20.6 Å². The van der Waals surface area contributed by atoms with Crippen LogP contribution in [-0.4, -0.2) is 51.7 Å². The molecule has 1 N–H and O–H groups in total. The second-order valence-corrected chi connectivity index (χ2v) is 9.46. The van der Waals surface area contributed by atoms with Gasteiger partial charge in [0.2, 0.25) is 5.91 Å². The Balaban J connectivity index is 1.36. The molecule has 12 heteroatoms. The van der Waals surface area contributed by atoms with Crippen LogP contribution in [0, 0.1) is 5.92 Å². The lowest BCUT2D eigenvalue weighted by molar-refractivity contribution is -0.121. The molecular weight excluding hydrogens is 404 g/mol. The molecule has 0 bridgehead atoms. The first-order valence-electron chi connectivity index (χ1n) is 8.61. The third-order valence-corrected chi connectivity index (χ3v) is 7.88. The molecule has 0 radical (unpaired) electrons. The Morgan fingerprint density at radius 1 is 1.29 bits per heavy atom. The number of aromatic nitrogens is 4. The molecule has 0 unspecified atom stereocenters. The zero-order valence-electron chi connectivity index (χ0n) is 15.0. The fraction of sp³-hybridized carbons (Fsp3) is 0.375. The van der Waals surface area contributed by atoms with Crippen LogP contribution < -0.4 is 5.32 Å². The van der Waals surface area contributed by atoms with Gasteiger partial charge in [-0.15, -0.1) is 16.4 Å². The van der Waals surface area contributed by atoms with Gasteiger partial charge in [0.25, 0.3) is 15.9 Å². The van der Waals surface area contributed by atoms with Crippen molar-refractivity contribution in [3.05, 3.63) is 29.8 Å². The van der Waals surface area contributed by atoms with E-state index in [4.69, 9.17) is 4.42 Å². The van der Waals surface area contributed by atoms with Gasteiger partial charge in [0.1, 0.15) is 9.90 Å². The maximum absolute atomic E-state index is 12.6. The number of sulfonamides is 1. The summed E-state index contributed by atoms with van der Waals surface area (Å²) in [5, 5.41) is 16.1. The Hall–Kier alpha value is -2.57. The fourth-order valence-electron chi connectivity index (χ4n) is 3.06. The van der Waals surface area contributed by atoms with Crippen LogP contribution in [-0.2, 0) is 21.9 Å². The highest BCUT2D eigenvalue weighted by atomic mass is 32.2. The van der Waals surface area contributed by atoms with E-state index >= 15 is 0 Å². The van der Waals surface area contributed by atoms with E-state index in [1.54, 1.807) is 41.5 Å². The first kappa shape index (κ1) is 18.8. The summed E-state index contributed by atoms with van der Waals surface area (Å²) in [6.45, 7) is 0.588. The molecule has 148 valence electrons. The van der Waals surface area contributed by atoms with Crippen LogP contribution in [0.2, 0.25) is 0 Å². The maximum Gasteiger partial charge on any atom is 0.322 e. The molecule has 1 amide bonds. The van der Waals surface area contributed by atoms with Gasteiger partial charge in [-0.1, -0.05) is 11.2 Å². The summed E-state index contributed by atoms with van der Waals surface area (Å²) >= 11 is 1.19. The number of amides is 1. The van der Waals surface area contributed by atoms with Crippen molar-refractivity contribution in [3.63, 3.8) is 0 Å². The maximum atomic E-state index is 12.6. The molecular formula is C16H18N6O4S2. The molecule has 0 aromatic carbocycles. The summed E-state index contributed by atoms with van der Waals surface area (Å²) in [4.78, 5) is 12.5. The third kappa shape index (κ3) is 3.57. The van der Waals surface area contributed by atoms with Crippen molar-refractivity contribution in [2.45, 2.75) is 17.1 Å². The predicted octanol–water partition coefficient (Wildman–Crippen LogP) is 1.57. The van der Waals surface area contributed by atoms with Crippen LogP contribution in [0.1, 0.15) is 12.8 Å². The molecule has 0 spiro atoms. The molecule has 1 aliphatic heterocycles. The highest BCUT2D eigenvalue weighted by molar-refractivity contribution is 7.91. The Morgan fingerprint density at radius 3 is 2.71 bits per heavy atom. The van der Waals surface area contributed by atoms with Crippen LogP contribution >= 0.6 is 11.3 Å². The zero-order chi connectivity index (χ0) is 19.7. The molecule has 1 fully saturated rings. The molecule has 0 aliphatic carbocycles. The van der Waals surface area contributed by atoms with E-state index in [0.29, 0.717) is 35.8 Å². The Kier molecular flexibility index (Phi) is 5.00.